The third-order valence-electron chi connectivity index (χ3n) is 4.96. The molecule has 3 aromatic rings. The summed E-state index contributed by atoms with van der Waals surface area (Å²) in [6.45, 7) is 2.30. The van der Waals surface area contributed by atoms with E-state index in [9.17, 15) is 0 Å². The summed E-state index contributed by atoms with van der Waals surface area (Å²) in [5, 5.41) is 3.81. The Kier molecular flexibility index (Phi) is 2.29. The molecule has 0 aliphatic carbocycles. The maximum Gasteiger partial charge on any atom is 0.142 e. The van der Waals surface area contributed by atoms with E-state index in [0.29, 0.717) is 12.0 Å². The van der Waals surface area contributed by atoms with Crippen molar-refractivity contribution in [3.05, 3.63) is 77.1 Å². The highest BCUT2D eigenvalue weighted by atomic mass is 15.1. The van der Waals surface area contributed by atoms with Gasteiger partial charge in [0.2, 0.25) is 0 Å². The standard InChI is InChI=1S/C20H16N2/c1-13-14-7-4-5-10-17(14)21-20-16-9-3-2-8-15(16)19-12-6-11-18(13)22(19)20/h2-13,18H,1H3. The fraction of sp³-hybridized carbons (Fsp3) is 0.150. The van der Waals surface area contributed by atoms with Gasteiger partial charge in [-0.1, -0.05) is 61.5 Å². The number of fused-ring (bicyclic) bond motifs is 4. The van der Waals surface area contributed by atoms with Crippen molar-refractivity contribution in [1.82, 2.24) is 4.57 Å². The molecule has 0 saturated heterocycles. The molecule has 0 fully saturated rings. The summed E-state index contributed by atoms with van der Waals surface area (Å²) in [5.74, 6) is 0.409. The van der Waals surface area contributed by atoms with E-state index in [1.165, 1.54) is 21.7 Å². The molecular weight excluding hydrogens is 268 g/mol. The fourth-order valence-electron chi connectivity index (χ4n) is 3.87. The lowest BCUT2D eigenvalue weighted by Crippen LogP contribution is -2.33. The number of hydrogen-bond acceptors (Lipinski definition) is 1. The van der Waals surface area contributed by atoms with Crippen molar-refractivity contribution in [2.75, 3.05) is 0 Å². The van der Waals surface area contributed by atoms with Crippen molar-refractivity contribution in [1.29, 1.82) is 0 Å². The van der Waals surface area contributed by atoms with Crippen LogP contribution in [0.5, 0.6) is 0 Å². The zero-order valence-electron chi connectivity index (χ0n) is 12.4. The minimum atomic E-state index is 0.329. The quantitative estimate of drug-likeness (QED) is 0.600. The summed E-state index contributed by atoms with van der Waals surface area (Å²) in [4.78, 5) is 5.04. The number of para-hydroxylation sites is 1. The molecule has 0 spiro atoms. The lowest BCUT2D eigenvalue weighted by molar-refractivity contribution is 0.500. The van der Waals surface area contributed by atoms with Crippen LogP contribution in [-0.2, 0) is 0 Å². The van der Waals surface area contributed by atoms with E-state index in [1.54, 1.807) is 0 Å². The molecule has 2 aliphatic rings. The third-order valence-corrected chi connectivity index (χ3v) is 4.96. The van der Waals surface area contributed by atoms with Gasteiger partial charge in [-0.25, -0.2) is 4.99 Å². The average molecular weight is 284 g/mol. The predicted molar refractivity (Wildman–Crippen MR) is 89.9 cm³/mol. The summed E-state index contributed by atoms with van der Waals surface area (Å²) >= 11 is 0. The summed E-state index contributed by atoms with van der Waals surface area (Å²) in [5.41, 5.74) is 3.52. The van der Waals surface area contributed by atoms with Gasteiger partial charge in [-0.3, -0.25) is 0 Å². The van der Waals surface area contributed by atoms with E-state index in [0.717, 1.165) is 11.2 Å². The highest BCUT2D eigenvalue weighted by Gasteiger charge is 2.27. The summed E-state index contributed by atoms with van der Waals surface area (Å²) in [7, 11) is 0. The largest absolute Gasteiger partial charge is 0.318 e. The second-order valence-electron chi connectivity index (χ2n) is 6.13. The van der Waals surface area contributed by atoms with E-state index < -0.39 is 0 Å². The van der Waals surface area contributed by atoms with Gasteiger partial charge in [-0.05, 0) is 17.7 Å². The van der Waals surface area contributed by atoms with Crippen LogP contribution >= 0.6 is 0 Å². The maximum atomic E-state index is 5.04. The van der Waals surface area contributed by atoms with E-state index in [4.69, 9.17) is 4.99 Å². The van der Waals surface area contributed by atoms with Gasteiger partial charge in [0, 0.05) is 16.7 Å². The van der Waals surface area contributed by atoms with Crippen LogP contribution in [0.3, 0.4) is 0 Å². The van der Waals surface area contributed by atoms with E-state index in [1.807, 2.05) is 0 Å². The molecular formula is C20H16N2. The summed E-state index contributed by atoms with van der Waals surface area (Å²) in [6.07, 6.45) is 6.71. The van der Waals surface area contributed by atoms with Crippen molar-refractivity contribution in [2.45, 2.75) is 18.9 Å². The Hall–Kier alpha value is -2.61. The Bertz CT molecular complexity index is 1050. The van der Waals surface area contributed by atoms with Gasteiger partial charge < -0.3 is 4.57 Å². The smallest absolute Gasteiger partial charge is 0.142 e. The van der Waals surface area contributed by atoms with Crippen molar-refractivity contribution in [2.24, 2.45) is 4.99 Å². The first-order valence-electron chi connectivity index (χ1n) is 7.80. The molecule has 2 unspecified atom stereocenters. The van der Waals surface area contributed by atoms with Crippen molar-refractivity contribution < 1.29 is 0 Å². The first-order valence-corrected chi connectivity index (χ1v) is 7.80. The molecule has 2 nitrogen and oxygen atoms in total. The Morgan fingerprint density at radius 3 is 2.64 bits per heavy atom. The van der Waals surface area contributed by atoms with Gasteiger partial charge in [0.1, 0.15) is 5.49 Å². The normalized spacial score (nSPS) is 21.5. The Balaban J connectivity index is 2.04. The van der Waals surface area contributed by atoms with Crippen molar-refractivity contribution in [3.8, 4) is 0 Å². The first-order chi connectivity index (χ1) is 10.8. The first kappa shape index (κ1) is 12.0. The molecule has 2 heteroatoms. The van der Waals surface area contributed by atoms with Crippen LogP contribution in [0.2, 0.25) is 0 Å². The van der Waals surface area contributed by atoms with E-state index in [-0.39, 0.29) is 0 Å². The number of nitrogens with zero attached hydrogens (tertiary/aromatic N) is 2. The zero-order chi connectivity index (χ0) is 14.7. The minimum Gasteiger partial charge on any atom is -0.318 e. The van der Waals surface area contributed by atoms with E-state index >= 15 is 0 Å². The number of hydrogen-bond donors (Lipinski definition) is 0. The molecule has 1 aromatic heterocycles. The molecule has 5 rings (SSSR count). The van der Waals surface area contributed by atoms with Gasteiger partial charge in [0.15, 0.2) is 0 Å². The zero-order valence-corrected chi connectivity index (χ0v) is 12.4. The molecule has 0 N–H and O–H groups in total. The minimum absolute atomic E-state index is 0.329. The van der Waals surface area contributed by atoms with E-state index in [2.05, 4.69) is 78.2 Å². The highest BCUT2D eigenvalue weighted by Crippen LogP contribution is 2.37. The van der Waals surface area contributed by atoms with Crippen LogP contribution in [-0.4, -0.2) is 4.57 Å². The molecule has 0 saturated carbocycles. The topological polar surface area (TPSA) is 17.3 Å². The number of aromatic nitrogens is 1. The molecule has 2 aromatic carbocycles. The number of rotatable bonds is 0. The van der Waals surface area contributed by atoms with Crippen LogP contribution in [0.15, 0.2) is 65.7 Å². The maximum absolute atomic E-state index is 5.04. The van der Waals surface area contributed by atoms with Crippen molar-refractivity contribution >= 4 is 22.5 Å². The Morgan fingerprint density at radius 2 is 1.73 bits per heavy atom. The lowest BCUT2D eigenvalue weighted by Gasteiger charge is -2.24. The molecule has 2 aliphatic heterocycles. The second-order valence-corrected chi connectivity index (χ2v) is 6.13. The lowest BCUT2D eigenvalue weighted by atomic mass is 9.91. The van der Waals surface area contributed by atoms with Gasteiger partial charge >= 0.3 is 0 Å². The highest BCUT2D eigenvalue weighted by molar-refractivity contribution is 5.84. The molecule has 0 radical (unpaired) electrons. The average Bonchev–Trinajstić information content (AvgIpc) is 2.82. The summed E-state index contributed by atoms with van der Waals surface area (Å²) < 4.78 is 2.41. The van der Waals surface area contributed by atoms with Crippen LogP contribution < -0.4 is 10.8 Å². The van der Waals surface area contributed by atoms with Crippen LogP contribution in [0.1, 0.15) is 24.4 Å². The fourth-order valence-corrected chi connectivity index (χ4v) is 3.87. The molecule has 0 bridgehead atoms. The Labute approximate surface area is 128 Å². The monoisotopic (exact) mass is 284 g/mol. The third kappa shape index (κ3) is 1.42. The molecule has 2 atom stereocenters. The molecule has 0 amide bonds. The van der Waals surface area contributed by atoms with Crippen LogP contribution in [0.4, 0.5) is 5.69 Å². The Morgan fingerprint density at radius 1 is 0.955 bits per heavy atom. The van der Waals surface area contributed by atoms with Gasteiger partial charge in [0.25, 0.3) is 0 Å². The molecule has 106 valence electrons. The second kappa shape index (κ2) is 4.20. The van der Waals surface area contributed by atoms with Gasteiger partial charge in [-0.2, -0.15) is 0 Å². The predicted octanol–water partition coefficient (Wildman–Crippen LogP) is 3.60. The number of benzene rings is 2. The SMILES string of the molecule is CC1c2ccccc2N=c2c3ccccc3c3n2C1C=CC=3. The summed E-state index contributed by atoms with van der Waals surface area (Å²) in [6, 6.07) is 17.5. The number of allylic oxidation sites excluding steroid dienone is 2. The van der Waals surface area contributed by atoms with Gasteiger partial charge in [-0.15, -0.1) is 0 Å². The van der Waals surface area contributed by atoms with Gasteiger partial charge in [0.05, 0.1) is 17.1 Å². The van der Waals surface area contributed by atoms with Crippen LogP contribution in [0.25, 0.3) is 16.8 Å². The molecule has 22 heavy (non-hydrogen) atoms. The van der Waals surface area contributed by atoms with Crippen molar-refractivity contribution in [3.63, 3.8) is 0 Å². The molecule has 3 heterocycles. The van der Waals surface area contributed by atoms with Crippen LogP contribution in [0, 0.1) is 0 Å².